The summed E-state index contributed by atoms with van der Waals surface area (Å²) in [6, 6.07) is 0. The quantitative estimate of drug-likeness (QED) is 0.721. The fourth-order valence-electron chi connectivity index (χ4n) is 7.25. The second-order valence-corrected chi connectivity index (χ2v) is 9.74. The van der Waals surface area contributed by atoms with Crippen LogP contribution in [0, 0.1) is 23.2 Å². The zero-order valence-electron chi connectivity index (χ0n) is 17.0. The molecule has 1 saturated heterocycles. The summed E-state index contributed by atoms with van der Waals surface area (Å²) in [5.74, 6) is 1.20. The molecule has 1 aliphatic heterocycles. The molecule has 0 aromatic rings. The molecule has 156 valence electrons. The summed E-state index contributed by atoms with van der Waals surface area (Å²) in [6.07, 6.45) is 10.7. The van der Waals surface area contributed by atoms with Gasteiger partial charge in [0.1, 0.15) is 6.79 Å². The van der Waals surface area contributed by atoms with Crippen molar-refractivity contribution in [3.63, 3.8) is 0 Å². The molecule has 4 aliphatic carbocycles. The summed E-state index contributed by atoms with van der Waals surface area (Å²) in [7, 11) is 0. The van der Waals surface area contributed by atoms with E-state index in [0.29, 0.717) is 11.8 Å². The van der Waals surface area contributed by atoms with Gasteiger partial charge in [0.25, 0.3) is 0 Å². The number of fused-ring (bicyclic) bond motifs is 4. The predicted molar refractivity (Wildman–Crippen MR) is 104 cm³/mol. The second-order valence-electron chi connectivity index (χ2n) is 9.74. The van der Waals surface area contributed by atoms with Crippen LogP contribution in [-0.4, -0.2) is 48.7 Å². The number of allylic oxidation sites excluding steroid dienone is 3. The van der Waals surface area contributed by atoms with E-state index in [9.17, 15) is 5.11 Å². The molecule has 0 bridgehead atoms. The van der Waals surface area contributed by atoms with Crippen LogP contribution in [0.25, 0.3) is 0 Å². The van der Waals surface area contributed by atoms with Crippen molar-refractivity contribution in [1.29, 1.82) is 0 Å². The fraction of sp³-hybridized carbons (Fsp3) is 0.826. The van der Waals surface area contributed by atoms with E-state index < -0.39 is 6.10 Å². The standard InChI is InChI=1S/C23H34O5/c1-22-8-6-17-16-7-9-23(27-10-11-28-23)12-15(16)2-3-18(17)19(22)4-5-20(22)21(25)13-26-14-24/h6,18-21,24-25H,2-5,7-14H2,1H3/t18-,19+,20-,21?,22+/m1/s1. The first-order valence-electron chi connectivity index (χ1n) is 11.1. The Hall–Kier alpha value is -0.720. The lowest BCUT2D eigenvalue weighted by atomic mass is 9.56. The molecular weight excluding hydrogens is 356 g/mol. The summed E-state index contributed by atoms with van der Waals surface area (Å²) in [4.78, 5) is 0. The molecule has 2 fully saturated rings. The lowest BCUT2D eigenvalue weighted by molar-refractivity contribution is -0.164. The summed E-state index contributed by atoms with van der Waals surface area (Å²) in [5, 5.41) is 19.6. The summed E-state index contributed by atoms with van der Waals surface area (Å²) < 4.78 is 17.1. The first-order valence-corrected chi connectivity index (χ1v) is 11.1. The van der Waals surface area contributed by atoms with Crippen LogP contribution in [0.4, 0.5) is 0 Å². The maximum Gasteiger partial charge on any atom is 0.172 e. The topological polar surface area (TPSA) is 68.2 Å². The van der Waals surface area contributed by atoms with Gasteiger partial charge in [-0.05, 0) is 72.8 Å². The van der Waals surface area contributed by atoms with Crippen molar-refractivity contribution in [2.45, 2.75) is 70.2 Å². The van der Waals surface area contributed by atoms with E-state index in [1.165, 1.54) is 19.3 Å². The zero-order chi connectivity index (χ0) is 19.4. The minimum absolute atomic E-state index is 0.137. The molecule has 28 heavy (non-hydrogen) atoms. The Morgan fingerprint density at radius 1 is 1.21 bits per heavy atom. The molecule has 1 saturated carbocycles. The van der Waals surface area contributed by atoms with E-state index in [1.54, 1.807) is 16.7 Å². The zero-order valence-corrected chi connectivity index (χ0v) is 17.0. The van der Waals surface area contributed by atoms with Gasteiger partial charge in [-0.15, -0.1) is 0 Å². The minimum Gasteiger partial charge on any atom is -0.390 e. The average molecular weight is 391 g/mol. The largest absolute Gasteiger partial charge is 0.390 e. The molecule has 5 aliphatic rings. The van der Waals surface area contributed by atoms with Crippen LogP contribution in [0.2, 0.25) is 0 Å². The van der Waals surface area contributed by atoms with Gasteiger partial charge in [0.2, 0.25) is 0 Å². The summed E-state index contributed by atoms with van der Waals surface area (Å²) in [5.41, 5.74) is 4.93. The van der Waals surface area contributed by atoms with E-state index >= 15 is 0 Å². The molecule has 1 heterocycles. The van der Waals surface area contributed by atoms with Gasteiger partial charge in [-0.3, -0.25) is 0 Å². The highest BCUT2D eigenvalue weighted by Gasteiger charge is 2.55. The lowest BCUT2D eigenvalue weighted by Gasteiger charge is -2.49. The monoisotopic (exact) mass is 390 g/mol. The molecule has 0 radical (unpaired) electrons. The van der Waals surface area contributed by atoms with Crippen molar-refractivity contribution in [2.24, 2.45) is 23.2 Å². The highest BCUT2D eigenvalue weighted by molar-refractivity contribution is 5.44. The third-order valence-corrected chi connectivity index (χ3v) is 8.56. The molecular formula is C23H34O5. The normalized spacial score (nSPS) is 40.1. The molecule has 2 N–H and O–H groups in total. The van der Waals surface area contributed by atoms with Crippen LogP contribution >= 0.6 is 0 Å². The van der Waals surface area contributed by atoms with Crippen molar-refractivity contribution in [3.05, 3.63) is 22.8 Å². The maximum atomic E-state index is 10.7. The third kappa shape index (κ3) is 2.93. The molecule has 0 aromatic heterocycles. The number of hydrogen-bond donors (Lipinski definition) is 2. The van der Waals surface area contributed by atoms with Gasteiger partial charge >= 0.3 is 0 Å². The van der Waals surface area contributed by atoms with Crippen molar-refractivity contribution < 1.29 is 24.4 Å². The van der Waals surface area contributed by atoms with Crippen LogP contribution in [0.5, 0.6) is 0 Å². The number of aliphatic hydroxyl groups excluding tert-OH is 2. The van der Waals surface area contributed by atoms with Crippen molar-refractivity contribution >= 4 is 0 Å². The van der Waals surface area contributed by atoms with E-state index in [1.807, 2.05) is 0 Å². The van der Waals surface area contributed by atoms with Crippen LogP contribution in [0.15, 0.2) is 22.8 Å². The van der Waals surface area contributed by atoms with E-state index in [-0.39, 0.29) is 30.5 Å². The predicted octanol–water partition coefficient (Wildman–Crippen LogP) is 3.31. The first-order chi connectivity index (χ1) is 13.6. The highest BCUT2D eigenvalue weighted by atomic mass is 16.7. The Morgan fingerprint density at radius 2 is 2.04 bits per heavy atom. The Bertz CT molecular complexity index is 676. The van der Waals surface area contributed by atoms with Crippen LogP contribution < -0.4 is 0 Å². The van der Waals surface area contributed by atoms with Crippen LogP contribution in [0.1, 0.15) is 58.3 Å². The molecule has 0 aromatic carbocycles. The number of ether oxygens (including phenoxy) is 3. The van der Waals surface area contributed by atoms with Crippen molar-refractivity contribution in [3.8, 4) is 0 Å². The van der Waals surface area contributed by atoms with E-state index in [2.05, 4.69) is 13.0 Å². The molecule has 5 nitrogen and oxygen atoms in total. The van der Waals surface area contributed by atoms with Gasteiger partial charge in [0.15, 0.2) is 5.79 Å². The number of aliphatic hydroxyl groups is 2. The fourth-order valence-corrected chi connectivity index (χ4v) is 7.25. The molecule has 1 spiro atoms. The average Bonchev–Trinajstić information content (AvgIpc) is 3.29. The van der Waals surface area contributed by atoms with Crippen molar-refractivity contribution in [2.75, 3.05) is 26.6 Å². The molecule has 5 atom stereocenters. The second kappa shape index (κ2) is 7.21. The Balaban J connectivity index is 1.38. The first kappa shape index (κ1) is 19.3. The summed E-state index contributed by atoms with van der Waals surface area (Å²) >= 11 is 0. The smallest absolute Gasteiger partial charge is 0.172 e. The molecule has 1 unspecified atom stereocenters. The minimum atomic E-state index is -0.485. The molecule has 5 heteroatoms. The SMILES string of the molecule is C[C@]12CC=C3C4=C(CC[C@H]3[C@@H]1CC[C@@H]2C(O)COCO)CC1(CC4)OCCO1. The summed E-state index contributed by atoms with van der Waals surface area (Å²) in [6.45, 7) is 3.77. The Kier molecular flexibility index (Phi) is 4.96. The van der Waals surface area contributed by atoms with Gasteiger partial charge in [-0.1, -0.05) is 18.6 Å². The number of hydrogen-bond acceptors (Lipinski definition) is 5. The van der Waals surface area contributed by atoms with Crippen LogP contribution in [0.3, 0.4) is 0 Å². The van der Waals surface area contributed by atoms with E-state index in [4.69, 9.17) is 19.3 Å². The molecule has 0 amide bonds. The van der Waals surface area contributed by atoms with Gasteiger partial charge in [0.05, 0.1) is 25.9 Å². The third-order valence-electron chi connectivity index (χ3n) is 8.56. The molecule has 5 rings (SSSR count). The number of rotatable bonds is 4. The van der Waals surface area contributed by atoms with Gasteiger partial charge in [-0.2, -0.15) is 0 Å². The van der Waals surface area contributed by atoms with Gasteiger partial charge in [-0.25, -0.2) is 0 Å². The van der Waals surface area contributed by atoms with Crippen LogP contribution in [-0.2, 0) is 14.2 Å². The van der Waals surface area contributed by atoms with E-state index in [0.717, 1.165) is 45.3 Å². The van der Waals surface area contributed by atoms with Gasteiger partial charge in [0, 0.05) is 12.8 Å². The highest BCUT2D eigenvalue weighted by Crippen LogP contribution is 2.62. The van der Waals surface area contributed by atoms with Crippen molar-refractivity contribution in [1.82, 2.24) is 0 Å². The Morgan fingerprint density at radius 3 is 2.82 bits per heavy atom. The van der Waals surface area contributed by atoms with Gasteiger partial charge < -0.3 is 24.4 Å². The lowest BCUT2D eigenvalue weighted by Crippen LogP contribution is -2.44. The maximum absolute atomic E-state index is 10.7. The Labute approximate surface area is 167 Å².